The Kier molecular flexibility index (Phi) is 4.75. The van der Waals surface area contributed by atoms with Crippen molar-refractivity contribution < 1.29 is 9.53 Å². The average molecular weight is 287 g/mol. The van der Waals surface area contributed by atoms with E-state index in [-0.39, 0.29) is 12.1 Å². The molecule has 0 fully saturated rings. The molecule has 0 saturated heterocycles. The van der Waals surface area contributed by atoms with Gasteiger partial charge in [0.25, 0.3) is 0 Å². The molecule has 1 aromatic carbocycles. The largest absolute Gasteiger partial charge is 0.459 e. The highest BCUT2D eigenvalue weighted by molar-refractivity contribution is 5.90. The van der Waals surface area contributed by atoms with Crippen LogP contribution in [0.4, 0.5) is 0 Å². The third-order valence-corrected chi connectivity index (χ3v) is 3.06. The number of nitrogens with one attached hydrogen (secondary N) is 1. The highest BCUT2D eigenvalue weighted by atomic mass is 16.5. The van der Waals surface area contributed by atoms with E-state index in [2.05, 4.69) is 10.4 Å². The summed E-state index contributed by atoms with van der Waals surface area (Å²) >= 11 is 0. The average Bonchev–Trinajstić information content (AvgIpc) is 2.80. The highest BCUT2D eigenvalue weighted by Gasteiger charge is 2.11. The lowest BCUT2D eigenvalue weighted by Crippen LogP contribution is -2.12. The van der Waals surface area contributed by atoms with Gasteiger partial charge >= 0.3 is 5.97 Å². The molecule has 0 aliphatic heterocycles. The summed E-state index contributed by atoms with van der Waals surface area (Å²) in [5.74, 6) is -0.314. The first-order valence-corrected chi connectivity index (χ1v) is 7.02. The summed E-state index contributed by atoms with van der Waals surface area (Å²) in [6, 6.07) is 7.29. The molecule has 0 radical (unpaired) electrons. The fraction of sp³-hybridized carbons (Fsp3) is 0.375. The first-order chi connectivity index (χ1) is 10.0. The molecule has 112 valence electrons. The Morgan fingerprint density at radius 2 is 2.19 bits per heavy atom. The number of esters is 1. The third-order valence-electron chi connectivity index (χ3n) is 3.06. The standard InChI is InChI=1S/C16H21N3O2/c1-11(2)21-16(20)13-6-5-7-15(8-13)19-10-14(9-17-4)12(3)18-19/h5-8,10-11,17H,9H2,1-4H3. The van der Waals surface area contributed by atoms with Crippen LogP contribution in [-0.4, -0.2) is 28.9 Å². The third kappa shape index (κ3) is 3.70. The minimum atomic E-state index is -0.314. The molecule has 1 aromatic heterocycles. The van der Waals surface area contributed by atoms with Crippen LogP contribution in [-0.2, 0) is 11.3 Å². The van der Waals surface area contributed by atoms with E-state index >= 15 is 0 Å². The summed E-state index contributed by atoms with van der Waals surface area (Å²) in [7, 11) is 1.90. The lowest BCUT2D eigenvalue weighted by Gasteiger charge is -2.09. The van der Waals surface area contributed by atoms with E-state index in [1.54, 1.807) is 16.8 Å². The minimum Gasteiger partial charge on any atom is -0.459 e. The van der Waals surface area contributed by atoms with Gasteiger partial charge in [0.05, 0.1) is 23.0 Å². The number of carbonyl (C=O) groups excluding carboxylic acids is 1. The molecule has 0 saturated carbocycles. The van der Waals surface area contributed by atoms with Gasteiger partial charge in [-0.25, -0.2) is 9.48 Å². The van der Waals surface area contributed by atoms with E-state index in [1.165, 1.54) is 0 Å². The lowest BCUT2D eigenvalue weighted by molar-refractivity contribution is 0.0378. The number of rotatable bonds is 5. The van der Waals surface area contributed by atoms with Crippen LogP contribution in [0.1, 0.15) is 35.5 Å². The maximum absolute atomic E-state index is 12.0. The fourth-order valence-corrected chi connectivity index (χ4v) is 2.05. The van der Waals surface area contributed by atoms with E-state index in [4.69, 9.17) is 4.74 Å². The number of nitrogens with zero attached hydrogens (tertiary/aromatic N) is 2. The van der Waals surface area contributed by atoms with Crippen molar-refractivity contribution in [3.05, 3.63) is 47.3 Å². The molecule has 1 N–H and O–H groups in total. The minimum absolute atomic E-state index is 0.129. The summed E-state index contributed by atoms with van der Waals surface area (Å²) in [6.45, 7) is 6.41. The molecule has 0 amide bonds. The Morgan fingerprint density at radius 1 is 1.43 bits per heavy atom. The van der Waals surface area contributed by atoms with Crippen molar-refractivity contribution >= 4 is 5.97 Å². The molecule has 5 heteroatoms. The summed E-state index contributed by atoms with van der Waals surface area (Å²) in [4.78, 5) is 12.0. The number of aromatic nitrogens is 2. The predicted octanol–water partition coefficient (Wildman–Crippen LogP) is 2.47. The Balaban J connectivity index is 2.28. The molecule has 2 aromatic rings. The molecular weight excluding hydrogens is 266 g/mol. The van der Waals surface area contributed by atoms with Gasteiger partial charge in [0, 0.05) is 18.3 Å². The first-order valence-electron chi connectivity index (χ1n) is 7.02. The molecule has 0 atom stereocenters. The Hall–Kier alpha value is -2.14. The van der Waals surface area contributed by atoms with Gasteiger partial charge in [-0.15, -0.1) is 0 Å². The van der Waals surface area contributed by atoms with Gasteiger partial charge in [-0.2, -0.15) is 5.10 Å². The zero-order chi connectivity index (χ0) is 15.4. The van der Waals surface area contributed by atoms with E-state index in [0.29, 0.717) is 5.56 Å². The van der Waals surface area contributed by atoms with Crippen molar-refractivity contribution in [3.8, 4) is 5.69 Å². The van der Waals surface area contributed by atoms with Crippen molar-refractivity contribution in [2.24, 2.45) is 0 Å². The molecule has 0 bridgehead atoms. The molecule has 2 rings (SSSR count). The number of ether oxygens (including phenoxy) is 1. The molecular formula is C16H21N3O2. The molecule has 0 spiro atoms. The van der Waals surface area contributed by atoms with Crippen LogP contribution in [0, 0.1) is 6.92 Å². The van der Waals surface area contributed by atoms with Crippen LogP contribution in [0.15, 0.2) is 30.5 Å². The second-order valence-corrected chi connectivity index (χ2v) is 5.22. The SMILES string of the molecule is CNCc1cn(-c2cccc(C(=O)OC(C)C)c2)nc1C. The van der Waals surface area contributed by atoms with E-state index in [0.717, 1.165) is 23.5 Å². The quantitative estimate of drug-likeness (QED) is 0.858. The monoisotopic (exact) mass is 287 g/mol. The van der Waals surface area contributed by atoms with E-state index < -0.39 is 0 Å². The Labute approximate surface area is 124 Å². The van der Waals surface area contributed by atoms with Gasteiger partial charge in [0.1, 0.15) is 0 Å². The normalized spacial score (nSPS) is 10.9. The zero-order valence-electron chi connectivity index (χ0n) is 12.9. The van der Waals surface area contributed by atoms with Crippen molar-refractivity contribution in [1.29, 1.82) is 0 Å². The van der Waals surface area contributed by atoms with E-state index in [1.807, 2.05) is 46.1 Å². The fourth-order valence-electron chi connectivity index (χ4n) is 2.05. The topological polar surface area (TPSA) is 56.2 Å². The van der Waals surface area contributed by atoms with Gasteiger partial charge in [-0.05, 0) is 46.0 Å². The van der Waals surface area contributed by atoms with Gasteiger partial charge < -0.3 is 10.1 Å². The summed E-state index contributed by atoms with van der Waals surface area (Å²) in [6.07, 6.45) is 1.84. The highest BCUT2D eigenvalue weighted by Crippen LogP contribution is 2.14. The Bertz CT molecular complexity index is 632. The maximum Gasteiger partial charge on any atom is 0.338 e. The van der Waals surface area contributed by atoms with Crippen molar-refractivity contribution in [2.75, 3.05) is 7.05 Å². The van der Waals surface area contributed by atoms with E-state index in [9.17, 15) is 4.79 Å². The van der Waals surface area contributed by atoms with Crippen molar-refractivity contribution in [1.82, 2.24) is 15.1 Å². The van der Waals surface area contributed by atoms with Crippen LogP contribution in [0.25, 0.3) is 5.69 Å². The number of aryl methyl sites for hydroxylation is 1. The number of benzene rings is 1. The van der Waals surface area contributed by atoms with Gasteiger partial charge in [-0.3, -0.25) is 0 Å². The molecule has 0 aliphatic carbocycles. The van der Waals surface area contributed by atoms with Gasteiger partial charge in [0.15, 0.2) is 0 Å². The first kappa shape index (κ1) is 15.3. The molecule has 0 aliphatic rings. The summed E-state index contributed by atoms with van der Waals surface area (Å²) in [5, 5.41) is 7.60. The van der Waals surface area contributed by atoms with Crippen molar-refractivity contribution in [2.45, 2.75) is 33.4 Å². The Morgan fingerprint density at radius 3 is 2.86 bits per heavy atom. The number of carbonyl (C=O) groups is 1. The molecule has 0 unspecified atom stereocenters. The smallest absolute Gasteiger partial charge is 0.338 e. The van der Waals surface area contributed by atoms with Crippen LogP contribution >= 0.6 is 0 Å². The second kappa shape index (κ2) is 6.54. The van der Waals surface area contributed by atoms with Crippen molar-refractivity contribution in [3.63, 3.8) is 0 Å². The zero-order valence-corrected chi connectivity index (χ0v) is 12.9. The van der Waals surface area contributed by atoms with Crippen LogP contribution in [0.2, 0.25) is 0 Å². The number of hydrogen-bond acceptors (Lipinski definition) is 4. The van der Waals surface area contributed by atoms with Gasteiger partial charge in [-0.1, -0.05) is 6.07 Å². The molecule has 21 heavy (non-hydrogen) atoms. The van der Waals surface area contributed by atoms with Crippen LogP contribution < -0.4 is 5.32 Å². The second-order valence-electron chi connectivity index (χ2n) is 5.22. The molecule has 5 nitrogen and oxygen atoms in total. The number of hydrogen-bond donors (Lipinski definition) is 1. The molecule has 1 heterocycles. The summed E-state index contributed by atoms with van der Waals surface area (Å²) in [5.41, 5.74) is 3.48. The van der Waals surface area contributed by atoms with Crippen LogP contribution in [0.3, 0.4) is 0 Å². The van der Waals surface area contributed by atoms with Gasteiger partial charge in [0.2, 0.25) is 0 Å². The predicted molar refractivity (Wildman–Crippen MR) is 81.6 cm³/mol. The summed E-state index contributed by atoms with van der Waals surface area (Å²) < 4.78 is 7.00. The van der Waals surface area contributed by atoms with Crippen LogP contribution in [0.5, 0.6) is 0 Å². The maximum atomic E-state index is 12.0. The lowest BCUT2D eigenvalue weighted by atomic mass is 10.2.